The van der Waals surface area contributed by atoms with Crippen molar-refractivity contribution >= 4 is 39.4 Å². The lowest BCUT2D eigenvalue weighted by molar-refractivity contribution is -0.617. The van der Waals surface area contributed by atoms with E-state index in [-0.39, 0.29) is 30.2 Å². The molecule has 0 fully saturated rings. The molecule has 0 atom stereocenters. The Hall–Kier alpha value is -5.51. The number of pyridine rings is 1. The minimum Gasteiger partial charge on any atom is -0.497 e. The number of esters is 2. The Balaban J connectivity index is 1.53. The van der Waals surface area contributed by atoms with Gasteiger partial charge in [-0.3, -0.25) is 10.1 Å². The second kappa shape index (κ2) is 12.2. The highest BCUT2D eigenvalue weighted by Gasteiger charge is 2.26. The topological polar surface area (TPSA) is 118 Å². The summed E-state index contributed by atoms with van der Waals surface area (Å²) in [5, 5.41) is 12.4. The number of nitrogens with zero attached hydrogens (tertiary/aromatic N) is 2. The van der Waals surface area contributed by atoms with Gasteiger partial charge in [-0.05, 0) is 54.8 Å². The van der Waals surface area contributed by atoms with Gasteiger partial charge in [0.1, 0.15) is 30.9 Å². The second-order valence-corrected chi connectivity index (χ2v) is 9.99. The zero-order valence-corrected chi connectivity index (χ0v) is 24.1. The van der Waals surface area contributed by atoms with Crippen LogP contribution in [0.4, 0.5) is 5.69 Å². The number of ether oxygens (including phenoxy) is 4. The van der Waals surface area contributed by atoms with Crippen LogP contribution in [-0.2, 0) is 23.2 Å². The van der Waals surface area contributed by atoms with Gasteiger partial charge < -0.3 is 18.9 Å². The maximum Gasteiger partial charge on any atom is 0.345 e. The Morgan fingerprint density at radius 3 is 2.07 bits per heavy atom. The first-order valence-electron chi connectivity index (χ1n) is 13.4. The van der Waals surface area contributed by atoms with Crippen LogP contribution >= 0.6 is 0 Å². The van der Waals surface area contributed by atoms with E-state index in [1.165, 1.54) is 19.2 Å². The van der Waals surface area contributed by atoms with E-state index < -0.39 is 16.9 Å². The first-order chi connectivity index (χ1) is 20.7. The quantitative estimate of drug-likeness (QED) is 0.0544. The molecule has 0 radical (unpaired) electrons. The number of fused-ring (bicyclic) bond motifs is 2. The Bertz CT molecular complexity index is 1860. The zero-order valence-electron chi connectivity index (χ0n) is 24.1. The van der Waals surface area contributed by atoms with Crippen molar-refractivity contribution in [2.45, 2.75) is 20.5 Å². The molecule has 0 saturated carbocycles. The summed E-state index contributed by atoms with van der Waals surface area (Å²) in [6.45, 7) is 3.10. The van der Waals surface area contributed by atoms with Gasteiger partial charge in [0.15, 0.2) is 6.61 Å². The van der Waals surface area contributed by atoms with Gasteiger partial charge >= 0.3 is 11.9 Å². The molecule has 1 aromatic heterocycles. The Labute approximate surface area is 247 Å². The zero-order chi connectivity index (χ0) is 30.7. The van der Waals surface area contributed by atoms with Gasteiger partial charge in [0.25, 0.3) is 5.69 Å². The third-order valence-corrected chi connectivity index (χ3v) is 7.09. The van der Waals surface area contributed by atoms with E-state index >= 15 is 0 Å². The fourth-order valence-corrected chi connectivity index (χ4v) is 4.99. The van der Waals surface area contributed by atoms with Gasteiger partial charge in [0.05, 0.1) is 28.4 Å². The molecule has 10 nitrogen and oxygen atoms in total. The minimum absolute atomic E-state index is 0.0914. The normalized spacial score (nSPS) is 10.9. The first kappa shape index (κ1) is 29.0. The highest BCUT2D eigenvalue weighted by atomic mass is 16.6. The lowest BCUT2D eigenvalue weighted by Crippen LogP contribution is -2.31. The molecule has 5 rings (SSSR count). The van der Waals surface area contributed by atoms with Crippen LogP contribution in [0, 0.1) is 24.0 Å². The fourth-order valence-electron chi connectivity index (χ4n) is 4.99. The molecule has 0 amide bonds. The Morgan fingerprint density at radius 1 is 0.860 bits per heavy atom. The summed E-state index contributed by atoms with van der Waals surface area (Å²) in [4.78, 5) is 37.2. The predicted octanol–water partition coefficient (Wildman–Crippen LogP) is 5.69. The molecular weight excluding hydrogens is 552 g/mol. The number of aryl methyl sites for hydroxylation is 3. The van der Waals surface area contributed by atoms with E-state index in [1.54, 1.807) is 44.2 Å². The van der Waals surface area contributed by atoms with E-state index in [2.05, 4.69) is 0 Å². The minimum atomic E-state index is -0.664. The lowest BCUT2D eigenvalue weighted by atomic mass is 10.0. The second-order valence-electron chi connectivity index (χ2n) is 9.99. The number of hydrogen-bond acceptors (Lipinski definition) is 8. The van der Waals surface area contributed by atoms with Crippen LogP contribution in [0.15, 0.2) is 78.9 Å². The molecule has 0 unspecified atom stereocenters. The molecule has 0 aliphatic heterocycles. The van der Waals surface area contributed by atoms with Crippen LogP contribution in [0.1, 0.15) is 27.0 Å². The molecule has 1 heterocycles. The molecule has 4 aromatic carbocycles. The smallest absolute Gasteiger partial charge is 0.345 e. The lowest BCUT2D eigenvalue weighted by Gasteiger charge is -2.14. The predicted molar refractivity (Wildman–Crippen MR) is 158 cm³/mol. The Kier molecular flexibility index (Phi) is 8.20. The summed E-state index contributed by atoms with van der Waals surface area (Å²) >= 11 is 0. The third-order valence-electron chi connectivity index (χ3n) is 7.09. The molecule has 0 N–H and O–H groups in total. The number of non-ortho nitro benzene ring substituents is 1. The van der Waals surface area contributed by atoms with Crippen LogP contribution < -0.4 is 18.8 Å². The van der Waals surface area contributed by atoms with E-state index in [1.807, 2.05) is 48.0 Å². The van der Waals surface area contributed by atoms with Crippen LogP contribution in [0.2, 0.25) is 0 Å². The van der Waals surface area contributed by atoms with Crippen LogP contribution in [-0.4, -0.2) is 30.6 Å². The number of rotatable bonds is 9. The molecule has 218 valence electrons. The van der Waals surface area contributed by atoms with Crippen LogP contribution in [0.5, 0.6) is 17.2 Å². The van der Waals surface area contributed by atoms with Gasteiger partial charge in [-0.25, -0.2) is 9.59 Å². The van der Waals surface area contributed by atoms with Crippen molar-refractivity contribution in [2.75, 3.05) is 13.7 Å². The van der Waals surface area contributed by atoms with Gasteiger partial charge in [-0.2, -0.15) is 4.57 Å². The molecule has 0 aliphatic rings. The van der Waals surface area contributed by atoms with Crippen molar-refractivity contribution in [2.24, 2.45) is 7.05 Å². The summed E-state index contributed by atoms with van der Waals surface area (Å²) in [5.41, 5.74) is 3.37. The van der Waals surface area contributed by atoms with E-state index in [0.29, 0.717) is 38.9 Å². The van der Waals surface area contributed by atoms with Gasteiger partial charge in [0.2, 0.25) is 11.0 Å². The largest absolute Gasteiger partial charge is 0.497 e. The van der Waals surface area contributed by atoms with Crippen molar-refractivity contribution in [1.29, 1.82) is 0 Å². The molecule has 5 aromatic rings. The molecule has 10 heteroatoms. The summed E-state index contributed by atoms with van der Waals surface area (Å²) in [5.74, 6) is -0.0771. The molecule has 0 aliphatic carbocycles. The van der Waals surface area contributed by atoms with Crippen molar-refractivity contribution in [3.05, 3.63) is 111 Å². The van der Waals surface area contributed by atoms with Crippen molar-refractivity contribution in [3.63, 3.8) is 0 Å². The number of aromatic nitrogens is 1. The van der Waals surface area contributed by atoms with Gasteiger partial charge in [0, 0.05) is 24.3 Å². The van der Waals surface area contributed by atoms with Crippen LogP contribution in [0.25, 0.3) is 21.8 Å². The number of nitro groups is 1. The molecule has 0 spiro atoms. The SMILES string of the molecule is COc1ccc2c(c1)c(C(=O)Oc1c(C)cc([N+](=O)[O-])cc1C)c1cc(OCC(=O)OCc3ccccc3)ccc1[n+]2C. The van der Waals surface area contributed by atoms with E-state index in [9.17, 15) is 19.7 Å². The first-order valence-corrected chi connectivity index (χ1v) is 13.4. The van der Waals surface area contributed by atoms with Crippen molar-refractivity contribution < 1.29 is 38.0 Å². The van der Waals surface area contributed by atoms with Gasteiger partial charge in [-0.1, -0.05) is 30.3 Å². The number of methoxy groups -OCH3 is 1. The number of carbonyl (C=O) groups excluding carboxylic acids is 2. The van der Waals surface area contributed by atoms with Crippen molar-refractivity contribution in [1.82, 2.24) is 0 Å². The monoisotopic (exact) mass is 581 g/mol. The summed E-state index contributed by atoms with van der Waals surface area (Å²) < 4.78 is 24.4. The molecule has 0 saturated heterocycles. The third kappa shape index (κ3) is 6.08. The highest BCUT2D eigenvalue weighted by molar-refractivity contribution is 6.14. The van der Waals surface area contributed by atoms with E-state index in [4.69, 9.17) is 18.9 Å². The fraction of sp³-hybridized carbons (Fsp3) is 0.182. The number of benzene rings is 4. The number of hydrogen-bond donors (Lipinski definition) is 0. The molecular formula is C33H29N2O8+. The number of carbonyl (C=O) groups is 2. The maximum atomic E-state index is 14.0. The highest BCUT2D eigenvalue weighted by Crippen LogP contribution is 2.33. The Morgan fingerprint density at radius 2 is 1.47 bits per heavy atom. The van der Waals surface area contributed by atoms with Gasteiger partial charge in [-0.15, -0.1) is 0 Å². The molecule has 43 heavy (non-hydrogen) atoms. The van der Waals surface area contributed by atoms with Crippen LogP contribution in [0.3, 0.4) is 0 Å². The average Bonchev–Trinajstić information content (AvgIpc) is 3.00. The van der Waals surface area contributed by atoms with E-state index in [0.717, 1.165) is 11.1 Å². The summed E-state index contributed by atoms with van der Waals surface area (Å²) in [6.07, 6.45) is 0. The number of nitro benzene ring substituents is 1. The summed E-state index contributed by atoms with van der Waals surface area (Å²) in [6, 6.07) is 22.6. The molecule has 0 bridgehead atoms. The maximum absolute atomic E-state index is 14.0. The standard InChI is InChI=1S/C33H29N2O8/c1-20-14-23(35(38)39)15-21(2)32(20)43-33(37)31-26-16-24(40-4)10-12-28(26)34(3)29-13-11-25(17-27(29)31)41-19-30(36)42-18-22-8-6-5-7-9-22/h5-17H,18-19H2,1-4H3/q+1. The van der Waals surface area contributed by atoms with Crippen molar-refractivity contribution in [3.8, 4) is 17.2 Å². The average molecular weight is 582 g/mol. The summed E-state index contributed by atoms with van der Waals surface area (Å²) in [7, 11) is 3.41.